The summed E-state index contributed by atoms with van der Waals surface area (Å²) in [5.41, 5.74) is 3.98. The largest absolute Gasteiger partial charge is 0.348 e. The molecule has 0 unspecified atom stereocenters. The van der Waals surface area contributed by atoms with Gasteiger partial charge in [-0.2, -0.15) is 0 Å². The van der Waals surface area contributed by atoms with Gasteiger partial charge in [0.25, 0.3) is 5.56 Å². The van der Waals surface area contributed by atoms with Crippen LogP contribution in [0, 0.1) is 6.07 Å². The molecule has 1 radical (unpaired) electrons. The molecule has 5 heteroatoms. The van der Waals surface area contributed by atoms with Crippen molar-refractivity contribution in [2.24, 2.45) is 0 Å². The molecule has 3 heterocycles. The molecule has 0 spiro atoms. The Morgan fingerprint density at radius 3 is 2.41 bits per heavy atom. The first-order chi connectivity index (χ1) is 11.9. The summed E-state index contributed by atoms with van der Waals surface area (Å²) in [4.78, 5) is 22.2. The zero-order valence-electron chi connectivity index (χ0n) is 17.0. The van der Waals surface area contributed by atoms with Crippen molar-refractivity contribution in [1.29, 1.82) is 0 Å². The van der Waals surface area contributed by atoms with Crippen molar-refractivity contribution >= 4 is 16.6 Å². The van der Waals surface area contributed by atoms with E-state index in [1.807, 2.05) is 18.3 Å². The molecule has 0 aromatic carbocycles. The molecule has 0 saturated carbocycles. The second-order valence-corrected chi connectivity index (χ2v) is 9.89. The normalized spacial score (nSPS) is 17.7. The van der Waals surface area contributed by atoms with Crippen LogP contribution in [0.3, 0.4) is 0 Å². The van der Waals surface area contributed by atoms with Crippen molar-refractivity contribution in [2.75, 3.05) is 0 Å². The number of hydrogen-bond acceptors (Lipinski definition) is 3. The van der Waals surface area contributed by atoms with E-state index in [1.165, 1.54) is 0 Å². The third-order valence-corrected chi connectivity index (χ3v) is 5.55. The molecule has 1 aliphatic rings. The van der Waals surface area contributed by atoms with Gasteiger partial charge in [-0.15, -0.1) is 12.1 Å². The Morgan fingerprint density at radius 1 is 1.11 bits per heavy atom. The molecule has 1 aliphatic carbocycles. The minimum absolute atomic E-state index is 0. The van der Waals surface area contributed by atoms with Crippen molar-refractivity contribution in [3.63, 3.8) is 0 Å². The fraction of sp³-hybridized carbons (Fsp3) is 0.500. The van der Waals surface area contributed by atoms with Crippen LogP contribution in [0.5, 0.6) is 0 Å². The Labute approximate surface area is 173 Å². The minimum atomic E-state index is -0.170. The first-order valence-electron chi connectivity index (χ1n) is 9.21. The molecule has 0 N–H and O–H groups in total. The third-order valence-electron chi connectivity index (χ3n) is 5.55. The number of hydrogen-bond donors (Lipinski definition) is 0. The maximum atomic E-state index is 12.9. The molecule has 0 aliphatic heterocycles. The summed E-state index contributed by atoms with van der Waals surface area (Å²) in [6.07, 6.45) is 2.95. The van der Waals surface area contributed by atoms with Crippen molar-refractivity contribution in [3.05, 3.63) is 51.7 Å². The van der Waals surface area contributed by atoms with E-state index in [0.717, 1.165) is 34.3 Å². The molecule has 0 amide bonds. The van der Waals surface area contributed by atoms with Crippen LogP contribution < -0.4 is 5.56 Å². The van der Waals surface area contributed by atoms with Crippen LogP contribution in [0.15, 0.2) is 23.1 Å². The molecule has 3 aromatic heterocycles. The zero-order chi connectivity index (χ0) is 19.1. The topological polar surface area (TPSA) is 47.3 Å². The van der Waals surface area contributed by atoms with Crippen molar-refractivity contribution in [3.8, 4) is 0 Å². The van der Waals surface area contributed by atoms with Gasteiger partial charge in [0, 0.05) is 36.8 Å². The Balaban J connectivity index is 0.00000210. The Hall–Kier alpha value is -1.58. The third kappa shape index (κ3) is 2.96. The second kappa shape index (κ2) is 5.96. The fourth-order valence-corrected chi connectivity index (χ4v) is 4.67. The smallest absolute Gasteiger partial charge is 0.267 e. The van der Waals surface area contributed by atoms with Gasteiger partial charge in [0.05, 0.1) is 5.65 Å². The average Bonchev–Trinajstić information content (AvgIpc) is 2.71. The van der Waals surface area contributed by atoms with Crippen LogP contribution in [0.1, 0.15) is 71.8 Å². The van der Waals surface area contributed by atoms with Crippen molar-refractivity contribution < 1.29 is 20.1 Å². The van der Waals surface area contributed by atoms with Crippen LogP contribution in [0.4, 0.5) is 0 Å². The molecule has 4 rings (SSSR count). The molecule has 145 valence electrons. The van der Waals surface area contributed by atoms with E-state index >= 15 is 0 Å². The Morgan fingerprint density at radius 2 is 1.78 bits per heavy atom. The van der Waals surface area contributed by atoms with Gasteiger partial charge in [0.2, 0.25) is 0 Å². The first-order valence-corrected chi connectivity index (χ1v) is 9.21. The maximum Gasteiger partial charge on any atom is 0.267 e. The molecule has 0 atom stereocenters. The van der Waals surface area contributed by atoms with Gasteiger partial charge in [0.1, 0.15) is 0 Å². The van der Waals surface area contributed by atoms with Crippen LogP contribution in [0.2, 0.25) is 0 Å². The number of aromatic nitrogens is 3. The monoisotopic (exact) mass is 541 g/mol. The van der Waals surface area contributed by atoms with Crippen molar-refractivity contribution in [1.82, 2.24) is 14.4 Å². The summed E-state index contributed by atoms with van der Waals surface area (Å²) in [6, 6.07) is 7.29. The molecular formula is C22H26IrN3O-. The molecule has 0 fully saturated rings. The summed E-state index contributed by atoms with van der Waals surface area (Å²) in [5, 5.41) is 0.806. The summed E-state index contributed by atoms with van der Waals surface area (Å²) >= 11 is 0. The SMILES string of the molecule is CC(C)(C)c1c[c-]c2c(ccn3c4c(c(=O)nc23)C(C)(C)CC4(C)C)n1.[Ir]. The molecule has 0 saturated heterocycles. The molecule has 27 heavy (non-hydrogen) atoms. The quantitative estimate of drug-likeness (QED) is 0.316. The standard InChI is InChI=1S/C22H26N3O.Ir/c1-20(2,3)15-9-8-13-14(23-15)10-11-25-17-16(19(26)24-18(13)25)21(4,5)12-22(17,6)7;/h9-11H,12H2,1-7H3;/q-1;. The van der Waals surface area contributed by atoms with E-state index < -0.39 is 0 Å². The van der Waals surface area contributed by atoms with E-state index in [0.29, 0.717) is 5.65 Å². The summed E-state index contributed by atoms with van der Waals surface area (Å²) in [6.45, 7) is 15.1. The van der Waals surface area contributed by atoms with Crippen molar-refractivity contribution in [2.45, 2.75) is 71.1 Å². The van der Waals surface area contributed by atoms with Crippen LogP contribution >= 0.6 is 0 Å². The van der Waals surface area contributed by atoms with E-state index in [1.54, 1.807) is 0 Å². The predicted octanol–water partition coefficient (Wildman–Crippen LogP) is 4.30. The van der Waals surface area contributed by atoms with E-state index in [2.05, 4.69) is 63.9 Å². The summed E-state index contributed by atoms with van der Waals surface area (Å²) in [7, 11) is 0. The maximum absolute atomic E-state index is 12.9. The second-order valence-electron chi connectivity index (χ2n) is 9.89. The average molecular weight is 541 g/mol. The van der Waals surface area contributed by atoms with E-state index in [9.17, 15) is 4.79 Å². The fourth-order valence-electron chi connectivity index (χ4n) is 4.67. The molecule has 0 bridgehead atoms. The van der Waals surface area contributed by atoms with E-state index in [4.69, 9.17) is 4.98 Å². The van der Waals surface area contributed by atoms with E-state index in [-0.39, 0.29) is 41.9 Å². The van der Waals surface area contributed by atoms with Crippen LogP contribution in [0.25, 0.3) is 16.6 Å². The van der Waals surface area contributed by atoms with Gasteiger partial charge in [-0.05, 0) is 34.7 Å². The number of fused-ring (bicyclic) bond motifs is 5. The first kappa shape index (κ1) is 20.2. The molecule has 4 nitrogen and oxygen atoms in total. The summed E-state index contributed by atoms with van der Waals surface area (Å²) < 4.78 is 2.09. The van der Waals surface area contributed by atoms with Gasteiger partial charge < -0.3 is 9.38 Å². The van der Waals surface area contributed by atoms with Crippen LogP contribution in [-0.4, -0.2) is 14.4 Å². The van der Waals surface area contributed by atoms with Crippen LogP contribution in [-0.2, 0) is 36.4 Å². The predicted molar refractivity (Wildman–Crippen MR) is 105 cm³/mol. The van der Waals surface area contributed by atoms with Gasteiger partial charge in [0.15, 0.2) is 0 Å². The number of pyridine rings is 2. The van der Waals surface area contributed by atoms with Gasteiger partial charge >= 0.3 is 0 Å². The zero-order valence-corrected chi connectivity index (χ0v) is 19.4. The van der Waals surface area contributed by atoms with Gasteiger partial charge in [-0.3, -0.25) is 4.79 Å². The number of rotatable bonds is 0. The molecule has 3 aromatic rings. The van der Waals surface area contributed by atoms with Gasteiger partial charge in [-0.1, -0.05) is 59.9 Å². The number of nitrogens with zero attached hydrogens (tertiary/aromatic N) is 3. The Kier molecular flexibility index (Phi) is 4.45. The summed E-state index contributed by atoms with van der Waals surface area (Å²) in [5.74, 6) is 0. The Bertz CT molecular complexity index is 1120. The minimum Gasteiger partial charge on any atom is -0.348 e. The van der Waals surface area contributed by atoms with Gasteiger partial charge in [-0.25, -0.2) is 4.98 Å². The molecular weight excluding hydrogens is 514 g/mol.